The van der Waals surface area contributed by atoms with Gasteiger partial charge in [0.25, 0.3) is 0 Å². The van der Waals surface area contributed by atoms with Gasteiger partial charge in [0.1, 0.15) is 0 Å². The summed E-state index contributed by atoms with van der Waals surface area (Å²) in [5.41, 5.74) is 6.92. The van der Waals surface area contributed by atoms with Crippen molar-refractivity contribution in [1.82, 2.24) is 0 Å². The summed E-state index contributed by atoms with van der Waals surface area (Å²) in [4.78, 5) is 12.9. The van der Waals surface area contributed by atoms with Crippen molar-refractivity contribution < 1.29 is 4.79 Å². The first-order chi connectivity index (χ1) is 7.79. The average molecular weight is 285 g/mol. The van der Waals surface area contributed by atoms with Crippen LogP contribution in [0.1, 0.15) is 0 Å². The molecule has 18 heavy (non-hydrogen) atoms. The maximum atomic E-state index is 11.4. The number of primary amides is 1. The van der Waals surface area contributed by atoms with Gasteiger partial charge < -0.3 is 5.73 Å². The number of nitrogens with two attached hydrogens (primary N) is 1. The zero-order valence-corrected chi connectivity index (χ0v) is 11.2. The Labute approximate surface area is 118 Å². The van der Waals surface area contributed by atoms with Gasteiger partial charge in [0.15, 0.2) is 0 Å². The van der Waals surface area contributed by atoms with Crippen molar-refractivity contribution in [3.8, 4) is 0 Å². The van der Waals surface area contributed by atoms with Crippen molar-refractivity contribution >= 4 is 42.2 Å². The highest BCUT2D eigenvalue weighted by Crippen LogP contribution is 2.23. The summed E-state index contributed by atoms with van der Waals surface area (Å²) in [6, 6.07) is 18.2. The van der Waals surface area contributed by atoms with Crippen LogP contribution in [0, 0.1) is 0 Å². The molecule has 2 amide bonds. The molecular formula is C13H14Cl2N2O. The summed E-state index contributed by atoms with van der Waals surface area (Å²) < 4.78 is 0. The predicted octanol–water partition coefficient (Wildman–Crippen LogP) is 3.75. The van der Waals surface area contributed by atoms with E-state index in [0.717, 1.165) is 11.4 Å². The first-order valence-electron chi connectivity index (χ1n) is 4.98. The average Bonchev–Trinajstić information content (AvgIpc) is 2.31. The van der Waals surface area contributed by atoms with Crippen LogP contribution in [0.2, 0.25) is 0 Å². The third-order valence-electron chi connectivity index (χ3n) is 2.25. The van der Waals surface area contributed by atoms with E-state index in [9.17, 15) is 4.79 Å². The number of nitrogens with zero attached hydrogens (tertiary/aromatic N) is 1. The SMILES string of the molecule is Cl.Cl.NC(=O)N(c1ccccc1)c1ccccc1. The molecule has 96 valence electrons. The largest absolute Gasteiger partial charge is 0.351 e. The van der Waals surface area contributed by atoms with Gasteiger partial charge in [-0.1, -0.05) is 36.4 Å². The predicted molar refractivity (Wildman–Crippen MR) is 79.1 cm³/mol. The summed E-state index contributed by atoms with van der Waals surface area (Å²) >= 11 is 0. The van der Waals surface area contributed by atoms with E-state index in [1.54, 1.807) is 0 Å². The van der Waals surface area contributed by atoms with Crippen molar-refractivity contribution in [2.24, 2.45) is 5.73 Å². The Kier molecular flexibility index (Phi) is 6.86. The van der Waals surface area contributed by atoms with Crippen LogP contribution in [-0.4, -0.2) is 6.03 Å². The number of para-hydroxylation sites is 2. The molecule has 0 heterocycles. The Hall–Kier alpha value is -1.71. The molecule has 0 aliphatic carbocycles. The number of hydrogen-bond acceptors (Lipinski definition) is 1. The minimum Gasteiger partial charge on any atom is -0.351 e. The highest BCUT2D eigenvalue weighted by molar-refractivity contribution is 5.98. The monoisotopic (exact) mass is 284 g/mol. The van der Waals surface area contributed by atoms with E-state index in [-0.39, 0.29) is 24.8 Å². The summed E-state index contributed by atoms with van der Waals surface area (Å²) in [5, 5.41) is 0. The van der Waals surface area contributed by atoms with Crippen molar-refractivity contribution in [2.45, 2.75) is 0 Å². The molecule has 0 radical (unpaired) electrons. The Balaban J connectivity index is 0.00000144. The van der Waals surface area contributed by atoms with Crippen molar-refractivity contribution in [3.05, 3.63) is 60.7 Å². The highest BCUT2D eigenvalue weighted by atomic mass is 35.5. The number of carbonyl (C=O) groups is 1. The number of rotatable bonds is 2. The molecule has 0 saturated carbocycles. The smallest absolute Gasteiger partial charge is 0.323 e. The molecular weight excluding hydrogens is 271 g/mol. The number of carbonyl (C=O) groups excluding carboxylic acids is 1. The molecule has 5 heteroatoms. The fraction of sp³-hybridized carbons (Fsp3) is 0. The van der Waals surface area contributed by atoms with Gasteiger partial charge in [-0.3, -0.25) is 4.90 Å². The summed E-state index contributed by atoms with van der Waals surface area (Å²) in [5.74, 6) is 0. The molecule has 0 unspecified atom stereocenters. The number of anilines is 2. The van der Waals surface area contributed by atoms with E-state index in [1.165, 1.54) is 4.90 Å². The van der Waals surface area contributed by atoms with Crippen LogP contribution in [0.4, 0.5) is 16.2 Å². The van der Waals surface area contributed by atoms with Crippen molar-refractivity contribution in [2.75, 3.05) is 4.90 Å². The van der Waals surface area contributed by atoms with Crippen LogP contribution >= 0.6 is 24.8 Å². The first kappa shape index (κ1) is 16.3. The zero-order chi connectivity index (χ0) is 11.4. The van der Waals surface area contributed by atoms with E-state index >= 15 is 0 Å². The fourth-order valence-electron chi connectivity index (χ4n) is 1.56. The maximum absolute atomic E-state index is 11.4. The van der Waals surface area contributed by atoms with Crippen molar-refractivity contribution in [1.29, 1.82) is 0 Å². The Morgan fingerprint density at radius 2 is 1.11 bits per heavy atom. The third kappa shape index (κ3) is 3.65. The molecule has 2 aromatic carbocycles. The van der Waals surface area contributed by atoms with E-state index in [1.807, 2.05) is 60.7 Å². The van der Waals surface area contributed by atoms with Crippen LogP contribution in [0.25, 0.3) is 0 Å². The van der Waals surface area contributed by atoms with E-state index < -0.39 is 6.03 Å². The number of amides is 2. The normalized spacial score (nSPS) is 8.67. The number of urea groups is 1. The first-order valence-corrected chi connectivity index (χ1v) is 4.98. The molecule has 3 nitrogen and oxygen atoms in total. The zero-order valence-electron chi connectivity index (χ0n) is 9.52. The van der Waals surface area contributed by atoms with Crippen LogP contribution in [0.3, 0.4) is 0 Å². The maximum Gasteiger partial charge on any atom is 0.323 e. The highest BCUT2D eigenvalue weighted by Gasteiger charge is 2.13. The number of halogens is 2. The summed E-state index contributed by atoms with van der Waals surface area (Å²) in [6.45, 7) is 0. The molecule has 0 aromatic heterocycles. The minimum atomic E-state index is -0.489. The molecule has 0 aliphatic heterocycles. The molecule has 2 aromatic rings. The molecule has 0 bridgehead atoms. The molecule has 0 spiro atoms. The van der Waals surface area contributed by atoms with Crippen LogP contribution in [-0.2, 0) is 0 Å². The molecule has 0 atom stereocenters. The molecule has 2 rings (SSSR count). The lowest BCUT2D eigenvalue weighted by molar-refractivity contribution is 0.256. The second-order valence-electron chi connectivity index (χ2n) is 3.34. The Morgan fingerprint density at radius 1 is 0.778 bits per heavy atom. The lowest BCUT2D eigenvalue weighted by atomic mass is 10.2. The van der Waals surface area contributed by atoms with E-state index in [4.69, 9.17) is 5.73 Å². The van der Waals surface area contributed by atoms with Gasteiger partial charge >= 0.3 is 6.03 Å². The Morgan fingerprint density at radius 3 is 1.39 bits per heavy atom. The second kappa shape index (κ2) is 7.58. The standard InChI is InChI=1S/C13H12N2O.2ClH/c14-13(16)15(11-7-3-1-4-8-11)12-9-5-2-6-10-12;;/h1-10H,(H2,14,16);2*1H. The third-order valence-corrected chi connectivity index (χ3v) is 2.25. The van der Waals surface area contributed by atoms with Crippen LogP contribution < -0.4 is 10.6 Å². The Bertz CT molecular complexity index is 437. The van der Waals surface area contributed by atoms with Gasteiger partial charge in [0.05, 0.1) is 11.4 Å². The fourth-order valence-corrected chi connectivity index (χ4v) is 1.56. The second-order valence-corrected chi connectivity index (χ2v) is 3.34. The molecule has 2 N–H and O–H groups in total. The summed E-state index contributed by atoms with van der Waals surface area (Å²) in [7, 11) is 0. The van der Waals surface area contributed by atoms with Crippen molar-refractivity contribution in [3.63, 3.8) is 0 Å². The number of benzene rings is 2. The van der Waals surface area contributed by atoms with E-state index in [0.29, 0.717) is 0 Å². The lowest BCUT2D eigenvalue weighted by Gasteiger charge is -2.20. The van der Waals surface area contributed by atoms with Gasteiger partial charge in [-0.2, -0.15) is 0 Å². The van der Waals surface area contributed by atoms with Gasteiger partial charge in [-0.25, -0.2) is 4.79 Å². The van der Waals surface area contributed by atoms with Gasteiger partial charge in [0, 0.05) is 0 Å². The minimum absolute atomic E-state index is 0. The van der Waals surface area contributed by atoms with E-state index in [2.05, 4.69) is 0 Å². The van der Waals surface area contributed by atoms with Crippen LogP contribution in [0.15, 0.2) is 60.7 Å². The van der Waals surface area contributed by atoms with Gasteiger partial charge in [-0.15, -0.1) is 24.8 Å². The topological polar surface area (TPSA) is 46.3 Å². The van der Waals surface area contributed by atoms with Gasteiger partial charge in [-0.05, 0) is 24.3 Å². The van der Waals surface area contributed by atoms with Gasteiger partial charge in [0.2, 0.25) is 0 Å². The molecule has 0 saturated heterocycles. The molecule has 0 aliphatic rings. The molecule has 0 fully saturated rings. The number of hydrogen-bond donors (Lipinski definition) is 1. The van der Waals surface area contributed by atoms with Crippen LogP contribution in [0.5, 0.6) is 0 Å². The summed E-state index contributed by atoms with van der Waals surface area (Å²) in [6.07, 6.45) is 0. The quantitative estimate of drug-likeness (QED) is 0.897. The lowest BCUT2D eigenvalue weighted by Crippen LogP contribution is -2.31.